The van der Waals surface area contributed by atoms with E-state index in [-0.39, 0.29) is 0 Å². The van der Waals surface area contributed by atoms with E-state index in [0.717, 1.165) is 28.2 Å². The number of para-hydroxylation sites is 2. The van der Waals surface area contributed by atoms with Crippen LogP contribution in [-0.2, 0) is 0 Å². The Bertz CT molecular complexity index is 635. The average molecular weight is 285 g/mol. The first kappa shape index (κ1) is 14.3. The molecule has 3 N–H and O–H groups in total. The molecular formula is C16H19N3S. The standard InChI is InChI=1S/C16H19N3S/c1-11-8-9-12(16(17)20)14(10-11)18-13-6-4-5-7-15(13)19(2)3/h4-10,18H,1-3H3,(H2,17,20). The number of aryl methyl sites for hydroxylation is 1. The number of thiocarbonyl (C=S) groups is 1. The highest BCUT2D eigenvalue weighted by Crippen LogP contribution is 2.29. The maximum absolute atomic E-state index is 5.80. The summed E-state index contributed by atoms with van der Waals surface area (Å²) in [6.07, 6.45) is 0. The predicted molar refractivity (Wildman–Crippen MR) is 91.1 cm³/mol. The van der Waals surface area contributed by atoms with E-state index in [2.05, 4.69) is 22.3 Å². The number of benzene rings is 2. The second kappa shape index (κ2) is 5.92. The molecule has 0 aliphatic heterocycles. The zero-order valence-electron chi connectivity index (χ0n) is 12.0. The summed E-state index contributed by atoms with van der Waals surface area (Å²) in [5.74, 6) is 0. The second-order valence-electron chi connectivity index (χ2n) is 4.95. The smallest absolute Gasteiger partial charge is 0.106 e. The SMILES string of the molecule is Cc1ccc(C(N)=S)c(Nc2ccccc2N(C)C)c1. The van der Waals surface area contributed by atoms with Crippen molar-refractivity contribution in [2.75, 3.05) is 24.3 Å². The van der Waals surface area contributed by atoms with E-state index in [9.17, 15) is 0 Å². The number of rotatable bonds is 4. The van der Waals surface area contributed by atoms with Gasteiger partial charge in [0.25, 0.3) is 0 Å². The highest BCUT2D eigenvalue weighted by Gasteiger charge is 2.09. The van der Waals surface area contributed by atoms with E-state index < -0.39 is 0 Å². The summed E-state index contributed by atoms with van der Waals surface area (Å²) in [6, 6.07) is 14.2. The van der Waals surface area contributed by atoms with Crippen molar-refractivity contribution < 1.29 is 0 Å². The van der Waals surface area contributed by atoms with Crippen LogP contribution in [0.3, 0.4) is 0 Å². The van der Waals surface area contributed by atoms with Crippen LogP contribution in [0.1, 0.15) is 11.1 Å². The van der Waals surface area contributed by atoms with E-state index >= 15 is 0 Å². The fraction of sp³-hybridized carbons (Fsp3) is 0.188. The van der Waals surface area contributed by atoms with E-state index in [1.54, 1.807) is 0 Å². The fourth-order valence-electron chi connectivity index (χ4n) is 2.09. The number of nitrogens with zero attached hydrogens (tertiary/aromatic N) is 1. The topological polar surface area (TPSA) is 41.3 Å². The van der Waals surface area contributed by atoms with Crippen molar-refractivity contribution in [3.8, 4) is 0 Å². The number of anilines is 3. The third-order valence-electron chi connectivity index (χ3n) is 3.10. The minimum Gasteiger partial charge on any atom is -0.389 e. The summed E-state index contributed by atoms with van der Waals surface area (Å²) < 4.78 is 0. The van der Waals surface area contributed by atoms with Crippen molar-refractivity contribution in [2.24, 2.45) is 5.73 Å². The van der Waals surface area contributed by atoms with E-state index in [1.165, 1.54) is 0 Å². The molecule has 0 saturated carbocycles. The van der Waals surface area contributed by atoms with Gasteiger partial charge in [0.15, 0.2) is 0 Å². The van der Waals surface area contributed by atoms with Gasteiger partial charge in [-0.2, -0.15) is 0 Å². The zero-order valence-corrected chi connectivity index (χ0v) is 12.8. The molecule has 0 fully saturated rings. The summed E-state index contributed by atoms with van der Waals surface area (Å²) in [5, 5.41) is 3.44. The molecule has 4 heteroatoms. The Hall–Kier alpha value is -2.07. The first-order chi connectivity index (χ1) is 9.49. The number of hydrogen-bond acceptors (Lipinski definition) is 3. The molecule has 20 heavy (non-hydrogen) atoms. The van der Waals surface area contributed by atoms with E-state index in [0.29, 0.717) is 4.99 Å². The van der Waals surface area contributed by atoms with Crippen molar-refractivity contribution >= 4 is 34.3 Å². The van der Waals surface area contributed by atoms with Crippen LogP contribution in [0.4, 0.5) is 17.1 Å². The first-order valence-corrected chi connectivity index (χ1v) is 6.83. The average Bonchev–Trinajstić information content (AvgIpc) is 2.38. The van der Waals surface area contributed by atoms with Gasteiger partial charge < -0.3 is 16.0 Å². The molecule has 0 saturated heterocycles. The van der Waals surface area contributed by atoms with Gasteiger partial charge in [0.2, 0.25) is 0 Å². The maximum Gasteiger partial charge on any atom is 0.106 e. The number of hydrogen-bond donors (Lipinski definition) is 2. The minimum absolute atomic E-state index is 0.398. The van der Waals surface area contributed by atoms with Crippen molar-refractivity contribution in [1.82, 2.24) is 0 Å². The van der Waals surface area contributed by atoms with Crippen LogP contribution in [0.15, 0.2) is 42.5 Å². The van der Waals surface area contributed by atoms with Gasteiger partial charge in [0.1, 0.15) is 4.99 Å². The molecule has 2 aromatic carbocycles. The molecule has 104 valence electrons. The lowest BCUT2D eigenvalue weighted by Crippen LogP contribution is -2.14. The largest absolute Gasteiger partial charge is 0.389 e. The predicted octanol–water partition coefficient (Wildman–Crippen LogP) is 3.44. The molecule has 0 aromatic heterocycles. The molecule has 0 unspecified atom stereocenters. The summed E-state index contributed by atoms with van der Waals surface area (Å²) in [4.78, 5) is 2.47. The Morgan fingerprint density at radius 3 is 2.45 bits per heavy atom. The van der Waals surface area contributed by atoms with Gasteiger partial charge in [-0.3, -0.25) is 0 Å². The van der Waals surface area contributed by atoms with E-state index in [4.69, 9.17) is 18.0 Å². The molecule has 3 nitrogen and oxygen atoms in total. The van der Waals surface area contributed by atoms with Gasteiger partial charge in [-0.1, -0.05) is 30.4 Å². The molecule has 0 heterocycles. The molecule has 2 aromatic rings. The van der Waals surface area contributed by atoms with Crippen LogP contribution in [-0.4, -0.2) is 19.1 Å². The zero-order chi connectivity index (χ0) is 14.7. The molecule has 0 atom stereocenters. The Balaban J connectivity index is 2.45. The quantitative estimate of drug-likeness (QED) is 0.844. The Labute approximate surface area is 125 Å². The number of nitrogens with two attached hydrogens (primary N) is 1. The highest BCUT2D eigenvalue weighted by atomic mass is 32.1. The van der Waals surface area contributed by atoms with Crippen molar-refractivity contribution in [2.45, 2.75) is 6.92 Å². The molecule has 2 rings (SSSR count). The second-order valence-corrected chi connectivity index (χ2v) is 5.39. The number of nitrogens with one attached hydrogen (secondary N) is 1. The molecule has 0 radical (unpaired) electrons. The minimum atomic E-state index is 0.398. The lowest BCUT2D eigenvalue weighted by molar-refractivity contribution is 1.13. The Morgan fingerprint density at radius 1 is 1.10 bits per heavy atom. The van der Waals surface area contributed by atoms with Gasteiger partial charge in [-0.05, 0) is 36.8 Å². The van der Waals surface area contributed by atoms with Crippen LogP contribution < -0.4 is 16.0 Å². The molecule has 0 bridgehead atoms. The third kappa shape index (κ3) is 3.08. The Kier molecular flexibility index (Phi) is 4.25. The summed E-state index contributed by atoms with van der Waals surface area (Å²) >= 11 is 5.12. The van der Waals surface area contributed by atoms with Crippen LogP contribution in [0.25, 0.3) is 0 Å². The van der Waals surface area contributed by atoms with Gasteiger partial charge >= 0.3 is 0 Å². The molecule has 0 aliphatic carbocycles. The summed E-state index contributed by atoms with van der Waals surface area (Å²) in [7, 11) is 4.04. The van der Waals surface area contributed by atoms with Crippen LogP contribution >= 0.6 is 12.2 Å². The van der Waals surface area contributed by atoms with Crippen LogP contribution in [0, 0.1) is 6.92 Å². The van der Waals surface area contributed by atoms with Gasteiger partial charge in [0.05, 0.1) is 11.4 Å². The van der Waals surface area contributed by atoms with Gasteiger partial charge in [0, 0.05) is 25.3 Å². The Morgan fingerprint density at radius 2 is 1.80 bits per heavy atom. The highest BCUT2D eigenvalue weighted by molar-refractivity contribution is 7.80. The molecule has 0 amide bonds. The van der Waals surface area contributed by atoms with Crippen molar-refractivity contribution in [1.29, 1.82) is 0 Å². The van der Waals surface area contributed by atoms with Crippen LogP contribution in [0.2, 0.25) is 0 Å². The monoisotopic (exact) mass is 285 g/mol. The molecule has 0 spiro atoms. The summed E-state index contributed by atoms with van der Waals surface area (Å²) in [6.45, 7) is 2.05. The lowest BCUT2D eigenvalue weighted by Gasteiger charge is -2.20. The molecule has 0 aliphatic rings. The van der Waals surface area contributed by atoms with Gasteiger partial charge in [-0.25, -0.2) is 0 Å². The van der Waals surface area contributed by atoms with Crippen molar-refractivity contribution in [3.63, 3.8) is 0 Å². The van der Waals surface area contributed by atoms with Gasteiger partial charge in [-0.15, -0.1) is 0 Å². The maximum atomic E-state index is 5.80. The van der Waals surface area contributed by atoms with Crippen LogP contribution in [0.5, 0.6) is 0 Å². The van der Waals surface area contributed by atoms with E-state index in [1.807, 2.05) is 51.4 Å². The molecular weight excluding hydrogens is 266 g/mol. The lowest BCUT2D eigenvalue weighted by atomic mass is 10.1. The van der Waals surface area contributed by atoms with Crippen molar-refractivity contribution in [3.05, 3.63) is 53.6 Å². The third-order valence-corrected chi connectivity index (χ3v) is 3.32. The first-order valence-electron chi connectivity index (χ1n) is 6.43. The summed E-state index contributed by atoms with van der Waals surface area (Å²) in [5.41, 5.74) is 10.9. The fourth-order valence-corrected chi connectivity index (χ4v) is 2.27. The normalized spacial score (nSPS) is 10.2.